The lowest BCUT2D eigenvalue weighted by Crippen LogP contribution is -2.47. The molecule has 2 N–H and O–H groups in total. The lowest BCUT2D eigenvalue weighted by atomic mass is 10.1. The minimum Gasteiger partial charge on any atom is -0.377 e. The average Bonchev–Trinajstić information content (AvgIpc) is 3.24. The summed E-state index contributed by atoms with van der Waals surface area (Å²) in [7, 11) is 1.66. The second kappa shape index (κ2) is 9.50. The molecule has 0 aliphatic carbocycles. The molecule has 1 aliphatic rings. The molecule has 148 valence electrons. The van der Waals surface area contributed by atoms with E-state index in [4.69, 9.17) is 9.73 Å². The van der Waals surface area contributed by atoms with Gasteiger partial charge in [0.15, 0.2) is 11.8 Å². The van der Waals surface area contributed by atoms with E-state index < -0.39 is 0 Å². The van der Waals surface area contributed by atoms with E-state index in [1.165, 1.54) is 5.56 Å². The zero-order valence-corrected chi connectivity index (χ0v) is 16.5. The van der Waals surface area contributed by atoms with Gasteiger partial charge in [-0.25, -0.2) is 9.67 Å². The number of aromatic nitrogens is 5. The molecular formula is C18H30N8O. The lowest BCUT2D eigenvalue weighted by molar-refractivity contribution is 0.177. The number of nitrogens with zero attached hydrogens (tertiary/aromatic N) is 6. The third-order valence-electron chi connectivity index (χ3n) is 4.44. The van der Waals surface area contributed by atoms with Gasteiger partial charge in [-0.05, 0) is 32.3 Å². The second-order valence-corrected chi connectivity index (χ2v) is 6.83. The highest BCUT2D eigenvalue weighted by Gasteiger charge is 2.22. The topological polar surface area (TPSA) is 94.2 Å². The van der Waals surface area contributed by atoms with Gasteiger partial charge in [0.2, 0.25) is 0 Å². The van der Waals surface area contributed by atoms with Gasteiger partial charge in [0.1, 0.15) is 12.4 Å². The first-order valence-electron chi connectivity index (χ1n) is 9.63. The van der Waals surface area contributed by atoms with Crippen LogP contribution in [0.4, 0.5) is 0 Å². The Hall–Kier alpha value is -2.42. The molecule has 9 nitrogen and oxygen atoms in total. The van der Waals surface area contributed by atoms with Gasteiger partial charge < -0.3 is 15.4 Å². The highest BCUT2D eigenvalue weighted by molar-refractivity contribution is 5.80. The molecule has 0 fully saturated rings. The van der Waals surface area contributed by atoms with E-state index in [2.05, 4.69) is 45.9 Å². The summed E-state index contributed by atoms with van der Waals surface area (Å²) in [6.45, 7) is 7.86. The number of aliphatic imine (C=N–C) groups is 1. The molecule has 0 saturated carbocycles. The summed E-state index contributed by atoms with van der Waals surface area (Å²) >= 11 is 0. The molecule has 0 aromatic carbocycles. The van der Waals surface area contributed by atoms with Crippen LogP contribution in [0.3, 0.4) is 0 Å². The van der Waals surface area contributed by atoms with E-state index in [1.54, 1.807) is 7.11 Å². The molecule has 1 unspecified atom stereocenters. The number of hydrogen-bond acceptors (Lipinski definition) is 5. The number of hydrogen-bond donors (Lipinski definition) is 2. The van der Waals surface area contributed by atoms with E-state index in [0.29, 0.717) is 12.6 Å². The minimum absolute atomic E-state index is 0.293. The molecular weight excluding hydrogens is 344 g/mol. The van der Waals surface area contributed by atoms with Crippen molar-refractivity contribution in [2.24, 2.45) is 4.99 Å². The number of fused-ring (bicyclic) bond motifs is 1. The predicted octanol–water partition coefficient (Wildman–Crippen LogP) is 0.890. The maximum Gasteiger partial charge on any atom is 0.191 e. The molecule has 0 saturated heterocycles. The SMILES string of the molecule is CCNC(=NCCCn1cc(C)cn1)NC1CCc2nc(COC)nn2C1. The monoisotopic (exact) mass is 374 g/mol. The number of methoxy groups -OCH3 is 1. The highest BCUT2D eigenvalue weighted by atomic mass is 16.5. The van der Waals surface area contributed by atoms with E-state index >= 15 is 0 Å². The molecule has 0 radical (unpaired) electrons. The molecule has 2 aromatic heterocycles. The second-order valence-electron chi connectivity index (χ2n) is 6.83. The van der Waals surface area contributed by atoms with Crippen molar-refractivity contribution in [3.8, 4) is 0 Å². The first kappa shape index (κ1) is 19.3. The van der Waals surface area contributed by atoms with Gasteiger partial charge in [0, 0.05) is 45.4 Å². The summed E-state index contributed by atoms with van der Waals surface area (Å²) in [6, 6.07) is 0.293. The van der Waals surface area contributed by atoms with Crippen molar-refractivity contribution in [1.82, 2.24) is 35.2 Å². The zero-order valence-electron chi connectivity index (χ0n) is 16.5. The van der Waals surface area contributed by atoms with Crippen LogP contribution < -0.4 is 10.6 Å². The molecule has 0 amide bonds. The summed E-state index contributed by atoms with van der Waals surface area (Å²) < 4.78 is 9.08. The largest absolute Gasteiger partial charge is 0.377 e. The lowest BCUT2D eigenvalue weighted by Gasteiger charge is -2.25. The van der Waals surface area contributed by atoms with Crippen molar-refractivity contribution >= 4 is 5.96 Å². The van der Waals surface area contributed by atoms with E-state index in [9.17, 15) is 0 Å². The van der Waals surface area contributed by atoms with Crippen LogP contribution in [0.5, 0.6) is 0 Å². The molecule has 0 spiro atoms. The van der Waals surface area contributed by atoms with Gasteiger partial charge in [-0.2, -0.15) is 10.2 Å². The van der Waals surface area contributed by atoms with Crippen molar-refractivity contribution in [2.75, 3.05) is 20.2 Å². The average molecular weight is 374 g/mol. The van der Waals surface area contributed by atoms with Crippen molar-refractivity contribution < 1.29 is 4.74 Å². The van der Waals surface area contributed by atoms with Gasteiger partial charge >= 0.3 is 0 Å². The Bertz CT molecular complexity index is 750. The minimum atomic E-state index is 0.293. The summed E-state index contributed by atoms with van der Waals surface area (Å²) in [5, 5.41) is 15.7. The third-order valence-corrected chi connectivity index (χ3v) is 4.44. The third kappa shape index (κ3) is 5.53. The highest BCUT2D eigenvalue weighted by Crippen LogP contribution is 2.13. The van der Waals surface area contributed by atoms with Gasteiger partial charge in [-0.1, -0.05) is 0 Å². The normalized spacial score (nSPS) is 17.0. The van der Waals surface area contributed by atoms with Crippen LogP contribution in [0.1, 0.15) is 37.0 Å². The molecule has 3 heterocycles. The Morgan fingerprint density at radius 3 is 3.07 bits per heavy atom. The Morgan fingerprint density at radius 2 is 2.33 bits per heavy atom. The molecule has 1 aliphatic heterocycles. The van der Waals surface area contributed by atoms with Gasteiger partial charge in [0.05, 0.1) is 12.7 Å². The summed E-state index contributed by atoms with van der Waals surface area (Å²) in [4.78, 5) is 9.23. The molecule has 27 heavy (non-hydrogen) atoms. The molecule has 0 bridgehead atoms. The van der Waals surface area contributed by atoms with Crippen LogP contribution in [0.25, 0.3) is 0 Å². The molecule has 2 aromatic rings. The van der Waals surface area contributed by atoms with Crippen LogP contribution in [0, 0.1) is 6.92 Å². The van der Waals surface area contributed by atoms with E-state index in [1.807, 2.05) is 15.6 Å². The van der Waals surface area contributed by atoms with Crippen LogP contribution in [-0.4, -0.2) is 56.7 Å². The summed E-state index contributed by atoms with van der Waals surface area (Å²) in [5.74, 6) is 2.65. The Kier molecular flexibility index (Phi) is 6.80. The number of aryl methyl sites for hydroxylation is 3. The van der Waals surface area contributed by atoms with Gasteiger partial charge in [-0.3, -0.25) is 9.67 Å². The Morgan fingerprint density at radius 1 is 1.44 bits per heavy atom. The van der Waals surface area contributed by atoms with Gasteiger partial charge in [0.25, 0.3) is 0 Å². The summed E-state index contributed by atoms with van der Waals surface area (Å²) in [5.41, 5.74) is 1.19. The van der Waals surface area contributed by atoms with E-state index in [-0.39, 0.29) is 0 Å². The fourth-order valence-electron chi connectivity index (χ4n) is 3.19. The molecule has 9 heteroatoms. The summed E-state index contributed by atoms with van der Waals surface area (Å²) in [6.07, 6.45) is 6.82. The Balaban J connectivity index is 1.50. The number of guanidine groups is 1. The van der Waals surface area contributed by atoms with Crippen LogP contribution in [0.15, 0.2) is 17.4 Å². The van der Waals surface area contributed by atoms with Gasteiger partial charge in [-0.15, -0.1) is 0 Å². The number of nitrogens with one attached hydrogen (secondary N) is 2. The fourth-order valence-corrected chi connectivity index (χ4v) is 3.19. The van der Waals surface area contributed by atoms with Crippen molar-refractivity contribution in [3.05, 3.63) is 29.6 Å². The van der Waals surface area contributed by atoms with Crippen LogP contribution in [0.2, 0.25) is 0 Å². The number of rotatable bonds is 8. The zero-order chi connectivity index (χ0) is 19.1. The van der Waals surface area contributed by atoms with Crippen LogP contribution in [-0.2, 0) is 30.9 Å². The number of ether oxygens (including phenoxy) is 1. The maximum absolute atomic E-state index is 5.13. The maximum atomic E-state index is 5.13. The van der Waals surface area contributed by atoms with Crippen molar-refractivity contribution in [1.29, 1.82) is 0 Å². The Labute approximate surface area is 160 Å². The first-order valence-corrected chi connectivity index (χ1v) is 9.63. The van der Waals surface area contributed by atoms with E-state index in [0.717, 1.165) is 63.0 Å². The predicted molar refractivity (Wildman–Crippen MR) is 104 cm³/mol. The van der Waals surface area contributed by atoms with Crippen molar-refractivity contribution in [3.63, 3.8) is 0 Å². The molecule has 1 atom stereocenters. The molecule has 3 rings (SSSR count). The standard InChI is InChI=1S/C18H30N8O/c1-4-19-18(20-8-5-9-25-11-14(2)10-21-25)22-15-6-7-17-23-16(13-27-3)24-26(17)12-15/h10-11,15H,4-9,12-13H2,1-3H3,(H2,19,20,22). The fraction of sp³-hybridized carbons (Fsp3) is 0.667. The first-order chi connectivity index (χ1) is 13.2. The smallest absolute Gasteiger partial charge is 0.191 e. The quantitative estimate of drug-likeness (QED) is 0.405. The van der Waals surface area contributed by atoms with Crippen LogP contribution >= 0.6 is 0 Å². The van der Waals surface area contributed by atoms with Crippen molar-refractivity contribution in [2.45, 2.75) is 58.8 Å².